The highest BCUT2D eigenvalue weighted by Gasteiger charge is 2.61. The summed E-state index contributed by atoms with van der Waals surface area (Å²) in [7, 11) is 0. The lowest BCUT2D eigenvalue weighted by atomic mass is 9.42. The van der Waals surface area contributed by atoms with Gasteiger partial charge in [-0.25, -0.2) is 0 Å². The van der Waals surface area contributed by atoms with E-state index in [1.807, 2.05) is 0 Å². The highest BCUT2D eigenvalue weighted by Crippen LogP contribution is 2.69. The fourth-order valence-electron chi connectivity index (χ4n) is 11.6. The Morgan fingerprint density at radius 3 is 1.76 bits per heavy atom. The molecule has 1 aliphatic heterocycles. The molecule has 1 spiro atoms. The minimum absolute atomic E-state index is 0.0635. The first-order valence-electron chi connectivity index (χ1n) is 19.2. The van der Waals surface area contributed by atoms with E-state index in [1.54, 1.807) is 0 Å². The molecular formula is C48H49NO. The molecule has 0 radical (unpaired) electrons. The Hall–Kier alpha value is -4.30. The van der Waals surface area contributed by atoms with Gasteiger partial charge in [-0.15, -0.1) is 0 Å². The van der Waals surface area contributed by atoms with Crippen LogP contribution >= 0.6 is 0 Å². The van der Waals surface area contributed by atoms with Gasteiger partial charge in [0, 0.05) is 39.7 Å². The zero-order chi connectivity index (χ0) is 33.8. The van der Waals surface area contributed by atoms with E-state index in [0.717, 1.165) is 40.4 Å². The van der Waals surface area contributed by atoms with Crippen molar-refractivity contribution in [1.82, 2.24) is 0 Å². The quantitative estimate of drug-likeness (QED) is 0.191. The largest absolute Gasteiger partial charge is 0.457 e. The number of hydrogen-bond acceptors (Lipinski definition) is 2. The van der Waals surface area contributed by atoms with Crippen LogP contribution in [0.25, 0.3) is 11.1 Å². The number of fused-ring (bicyclic) bond motifs is 3. The first kappa shape index (κ1) is 30.5. The molecule has 50 heavy (non-hydrogen) atoms. The van der Waals surface area contributed by atoms with E-state index in [1.165, 1.54) is 78.3 Å². The fourth-order valence-corrected chi connectivity index (χ4v) is 11.6. The van der Waals surface area contributed by atoms with Gasteiger partial charge in [-0.3, -0.25) is 0 Å². The van der Waals surface area contributed by atoms with Crippen LogP contribution in [0.4, 0.5) is 17.1 Å². The van der Waals surface area contributed by atoms with Crippen LogP contribution in [0.3, 0.4) is 0 Å². The van der Waals surface area contributed by atoms with Crippen molar-refractivity contribution in [2.45, 2.75) is 88.9 Å². The van der Waals surface area contributed by atoms with Gasteiger partial charge in [0.25, 0.3) is 0 Å². The van der Waals surface area contributed by atoms with Gasteiger partial charge in [0.05, 0.1) is 0 Å². The molecule has 0 aromatic heterocycles. The SMILES string of the molecule is CC1(C)CCC(C)(C)c2cc(-c3ccc(N(c4ccccc4)c4ccc5c(c4)Oc4ccccc4C54C5CC6CC(C5)CC4C6)cc3)ccc21. The summed E-state index contributed by atoms with van der Waals surface area (Å²) in [5.41, 5.74) is 12.4. The highest BCUT2D eigenvalue weighted by atomic mass is 16.5. The summed E-state index contributed by atoms with van der Waals surface area (Å²) >= 11 is 0. The van der Waals surface area contributed by atoms with Crippen LogP contribution in [0.5, 0.6) is 11.5 Å². The van der Waals surface area contributed by atoms with E-state index >= 15 is 0 Å². The standard InChI is InChI=1S/C48H49NO/c1-46(2)22-23-47(3,4)43-29-34(16-20-40(43)46)33-14-17-38(18-15-33)49(37-10-6-5-7-11-37)39-19-21-42-45(30-39)50-44-13-9-8-12-41(44)48(42)35-25-31-24-32(27-35)28-36(48)26-31/h5-21,29-32,35-36H,22-28H2,1-4H3. The molecule has 1 heterocycles. The number of para-hydroxylation sites is 2. The Kier molecular flexibility index (Phi) is 6.62. The molecule has 0 N–H and O–H groups in total. The summed E-state index contributed by atoms with van der Waals surface area (Å²) in [5, 5.41) is 0. The second kappa shape index (κ2) is 10.8. The Morgan fingerprint density at radius 2 is 1.04 bits per heavy atom. The lowest BCUT2D eigenvalue weighted by Gasteiger charge is -2.63. The van der Waals surface area contributed by atoms with Gasteiger partial charge in [-0.1, -0.05) is 100 Å². The van der Waals surface area contributed by atoms with Crippen molar-refractivity contribution >= 4 is 17.1 Å². The van der Waals surface area contributed by atoms with E-state index in [2.05, 4.69) is 148 Å². The normalized spacial score (nSPS) is 27.6. The van der Waals surface area contributed by atoms with E-state index < -0.39 is 0 Å². The second-order valence-corrected chi connectivity index (χ2v) is 17.7. The molecule has 2 nitrogen and oxygen atoms in total. The Labute approximate surface area is 298 Å². The summed E-state index contributed by atoms with van der Waals surface area (Å²) < 4.78 is 6.90. The van der Waals surface area contributed by atoms with Crippen LogP contribution < -0.4 is 9.64 Å². The van der Waals surface area contributed by atoms with Crippen LogP contribution in [0.15, 0.2) is 115 Å². The molecule has 6 aliphatic rings. The van der Waals surface area contributed by atoms with Crippen LogP contribution in [-0.4, -0.2) is 0 Å². The first-order chi connectivity index (χ1) is 24.2. The summed E-state index contributed by atoms with van der Waals surface area (Å²) in [6.45, 7) is 9.64. The average molecular weight is 656 g/mol. The van der Waals surface area contributed by atoms with Crippen LogP contribution in [0.1, 0.15) is 94.9 Å². The number of benzene rings is 5. The highest BCUT2D eigenvalue weighted by molar-refractivity contribution is 5.80. The molecule has 252 valence electrons. The third kappa shape index (κ3) is 4.46. The summed E-state index contributed by atoms with van der Waals surface area (Å²) in [4.78, 5) is 2.40. The average Bonchev–Trinajstić information content (AvgIpc) is 3.12. The monoisotopic (exact) mass is 655 g/mol. The van der Waals surface area contributed by atoms with Crippen molar-refractivity contribution < 1.29 is 4.74 Å². The molecular weight excluding hydrogens is 607 g/mol. The lowest BCUT2D eigenvalue weighted by Crippen LogP contribution is -2.56. The topological polar surface area (TPSA) is 12.5 Å². The lowest BCUT2D eigenvalue weighted by molar-refractivity contribution is -0.0452. The summed E-state index contributed by atoms with van der Waals surface area (Å²) in [6, 6.07) is 43.4. The van der Waals surface area contributed by atoms with Crippen molar-refractivity contribution in [3.05, 3.63) is 138 Å². The number of hydrogen-bond donors (Lipinski definition) is 0. The third-order valence-corrected chi connectivity index (χ3v) is 14.0. The molecule has 5 aliphatic carbocycles. The zero-order valence-electron chi connectivity index (χ0n) is 30.1. The molecule has 11 rings (SSSR count). The minimum atomic E-state index is 0.0635. The van der Waals surface area contributed by atoms with Crippen LogP contribution in [-0.2, 0) is 16.2 Å². The maximum atomic E-state index is 6.90. The van der Waals surface area contributed by atoms with E-state index in [-0.39, 0.29) is 16.2 Å². The third-order valence-electron chi connectivity index (χ3n) is 14.0. The van der Waals surface area contributed by atoms with Crippen LogP contribution in [0.2, 0.25) is 0 Å². The number of rotatable bonds is 4. The predicted octanol–water partition coefficient (Wildman–Crippen LogP) is 13.0. The smallest absolute Gasteiger partial charge is 0.133 e. The van der Waals surface area contributed by atoms with Crippen molar-refractivity contribution in [3.63, 3.8) is 0 Å². The molecule has 5 aromatic carbocycles. The first-order valence-corrected chi connectivity index (χ1v) is 19.2. The molecule has 4 saturated carbocycles. The number of nitrogens with zero attached hydrogens (tertiary/aromatic N) is 1. The molecule has 0 unspecified atom stereocenters. The van der Waals surface area contributed by atoms with Gasteiger partial charge in [0.1, 0.15) is 11.5 Å². The van der Waals surface area contributed by atoms with Crippen molar-refractivity contribution in [1.29, 1.82) is 0 Å². The van der Waals surface area contributed by atoms with E-state index in [4.69, 9.17) is 4.74 Å². The van der Waals surface area contributed by atoms with Crippen molar-refractivity contribution in [2.24, 2.45) is 23.7 Å². The van der Waals surface area contributed by atoms with Crippen molar-refractivity contribution in [3.8, 4) is 22.6 Å². The maximum Gasteiger partial charge on any atom is 0.133 e. The predicted molar refractivity (Wildman–Crippen MR) is 206 cm³/mol. The molecule has 5 aromatic rings. The summed E-state index contributed by atoms with van der Waals surface area (Å²) in [5.74, 6) is 5.34. The zero-order valence-corrected chi connectivity index (χ0v) is 30.1. The van der Waals surface area contributed by atoms with Gasteiger partial charge >= 0.3 is 0 Å². The van der Waals surface area contributed by atoms with Gasteiger partial charge in [0.2, 0.25) is 0 Å². The molecule has 4 fully saturated rings. The number of ether oxygens (including phenoxy) is 1. The number of anilines is 3. The van der Waals surface area contributed by atoms with E-state index in [0.29, 0.717) is 11.8 Å². The van der Waals surface area contributed by atoms with Gasteiger partial charge < -0.3 is 9.64 Å². The van der Waals surface area contributed by atoms with Gasteiger partial charge in [-0.2, -0.15) is 0 Å². The second-order valence-electron chi connectivity index (χ2n) is 17.7. The van der Waals surface area contributed by atoms with Gasteiger partial charge in [0.15, 0.2) is 0 Å². The maximum absolute atomic E-state index is 6.90. The van der Waals surface area contributed by atoms with Crippen LogP contribution in [0, 0.1) is 23.7 Å². The Morgan fingerprint density at radius 1 is 0.480 bits per heavy atom. The molecule has 2 heteroatoms. The molecule has 0 atom stereocenters. The molecule has 0 amide bonds. The van der Waals surface area contributed by atoms with Gasteiger partial charge in [-0.05, 0) is 138 Å². The van der Waals surface area contributed by atoms with E-state index in [9.17, 15) is 0 Å². The Bertz CT molecular complexity index is 2080. The summed E-state index contributed by atoms with van der Waals surface area (Å²) in [6.07, 6.45) is 9.38. The van der Waals surface area contributed by atoms with Crippen molar-refractivity contribution in [2.75, 3.05) is 4.90 Å². The Balaban J connectivity index is 1.06. The fraction of sp³-hybridized carbons (Fsp3) is 0.375. The molecule has 0 saturated heterocycles. The molecule has 4 bridgehead atoms. The minimum Gasteiger partial charge on any atom is -0.457 e.